The van der Waals surface area contributed by atoms with E-state index < -0.39 is 0 Å². The van der Waals surface area contributed by atoms with E-state index in [0.29, 0.717) is 12.2 Å². The van der Waals surface area contributed by atoms with Crippen LogP contribution in [-0.2, 0) is 6.54 Å². The summed E-state index contributed by atoms with van der Waals surface area (Å²) in [6, 6.07) is 10.3. The molecule has 4 rings (SSSR count). The third-order valence-corrected chi connectivity index (χ3v) is 4.38. The fraction of sp³-hybridized carbons (Fsp3) is 0.294. The van der Waals surface area contributed by atoms with Crippen molar-refractivity contribution in [3.05, 3.63) is 69.5 Å². The molecule has 0 saturated carbocycles. The van der Waals surface area contributed by atoms with Gasteiger partial charge in [0.15, 0.2) is 5.65 Å². The highest BCUT2D eigenvalue weighted by Crippen LogP contribution is 2.34. The van der Waals surface area contributed by atoms with Gasteiger partial charge in [-0.3, -0.25) is 14.8 Å². The van der Waals surface area contributed by atoms with Gasteiger partial charge in [0.2, 0.25) is 0 Å². The van der Waals surface area contributed by atoms with Crippen molar-refractivity contribution >= 4 is 5.65 Å². The number of halogens is 1. The first-order chi connectivity index (χ1) is 11.1. The third kappa shape index (κ3) is 2.55. The Morgan fingerprint density at radius 3 is 2.78 bits per heavy atom. The van der Waals surface area contributed by atoms with E-state index in [0.717, 1.165) is 29.9 Å². The molecule has 3 aromatic rings. The average Bonchev–Trinajstić information content (AvgIpc) is 2.87. The molecule has 1 atom stereocenters. The predicted octanol–water partition coefficient (Wildman–Crippen LogP) is 2.42. The Hall–Kier alpha value is -2.47. The van der Waals surface area contributed by atoms with E-state index in [1.807, 2.05) is 25.1 Å². The summed E-state index contributed by atoms with van der Waals surface area (Å²) in [5.74, 6) is -0.220. The molecule has 1 fully saturated rings. The molecular formula is C17H17FN4O. The van der Waals surface area contributed by atoms with E-state index in [2.05, 4.69) is 15.0 Å². The van der Waals surface area contributed by atoms with Crippen molar-refractivity contribution in [2.45, 2.75) is 25.9 Å². The van der Waals surface area contributed by atoms with E-state index in [-0.39, 0.29) is 17.4 Å². The Balaban J connectivity index is 1.58. The quantitative estimate of drug-likeness (QED) is 0.808. The fourth-order valence-corrected chi connectivity index (χ4v) is 3.14. The van der Waals surface area contributed by atoms with Crippen LogP contribution in [0.5, 0.6) is 0 Å². The normalized spacial score (nSPS) is 18.3. The number of H-pyrrole nitrogens is 1. The minimum absolute atomic E-state index is 0.100. The van der Waals surface area contributed by atoms with Gasteiger partial charge in [-0.15, -0.1) is 0 Å². The summed E-state index contributed by atoms with van der Waals surface area (Å²) in [7, 11) is 0. The standard InChI is InChI=1S/C17H17FN4O/c1-11-8-16-19-14(9-17(23)22(16)20-11)10-21-7-6-15(21)12-2-4-13(18)5-3-12/h2-5,8-9,15,20H,6-7,10H2,1H3. The third-order valence-electron chi connectivity index (χ3n) is 4.38. The summed E-state index contributed by atoms with van der Waals surface area (Å²) in [5, 5.41) is 2.97. The number of rotatable bonds is 3. The zero-order valence-corrected chi connectivity index (χ0v) is 12.8. The summed E-state index contributed by atoms with van der Waals surface area (Å²) in [5.41, 5.74) is 3.31. The van der Waals surface area contributed by atoms with Crippen LogP contribution in [0.1, 0.15) is 29.4 Å². The summed E-state index contributed by atoms with van der Waals surface area (Å²) in [6.45, 7) is 3.47. The molecule has 0 aliphatic carbocycles. The first kappa shape index (κ1) is 14.1. The topological polar surface area (TPSA) is 53.4 Å². The van der Waals surface area contributed by atoms with Crippen molar-refractivity contribution in [3.8, 4) is 0 Å². The van der Waals surface area contributed by atoms with Gasteiger partial charge in [-0.2, -0.15) is 0 Å². The number of nitrogens with zero attached hydrogens (tertiary/aromatic N) is 3. The van der Waals surface area contributed by atoms with Crippen molar-refractivity contribution in [2.24, 2.45) is 0 Å². The molecule has 6 heteroatoms. The molecule has 0 amide bonds. The van der Waals surface area contributed by atoms with Gasteiger partial charge >= 0.3 is 0 Å². The van der Waals surface area contributed by atoms with Crippen molar-refractivity contribution in [3.63, 3.8) is 0 Å². The lowest BCUT2D eigenvalue weighted by Gasteiger charge is -2.41. The molecule has 0 bridgehead atoms. The number of aromatic amines is 1. The monoisotopic (exact) mass is 312 g/mol. The summed E-state index contributed by atoms with van der Waals surface area (Å²) in [4.78, 5) is 18.9. The zero-order chi connectivity index (χ0) is 16.0. The van der Waals surface area contributed by atoms with Gasteiger partial charge in [0, 0.05) is 37.0 Å². The van der Waals surface area contributed by atoms with Crippen molar-refractivity contribution in [1.82, 2.24) is 19.5 Å². The van der Waals surface area contributed by atoms with Crippen molar-refractivity contribution < 1.29 is 4.39 Å². The van der Waals surface area contributed by atoms with Gasteiger partial charge in [0.25, 0.3) is 5.56 Å². The number of hydrogen-bond donors (Lipinski definition) is 1. The van der Waals surface area contributed by atoms with Crippen LogP contribution in [0.2, 0.25) is 0 Å². The molecule has 1 saturated heterocycles. The highest BCUT2D eigenvalue weighted by molar-refractivity contribution is 5.39. The molecule has 5 nitrogen and oxygen atoms in total. The maximum absolute atomic E-state index is 13.0. The Kier molecular flexibility index (Phi) is 3.27. The second kappa shape index (κ2) is 5.31. The first-order valence-electron chi connectivity index (χ1n) is 7.68. The van der Waals surface area contributed by atoms with Crippen molar-refractivity contribution in [2.75, 3.05) is 6.54 Å². The molecule has 1 unspecified atom stereocenters. The van der Waals surface area contributed by atoms with Gasteiger partial charge in [-0.25, -0.2) is 13.9 Å². The van der Waals surface area contributed by atoms with Crippen molar-refractivity contribution in [1.29, 1.82) is 0 Å². The highest BCUT2D eigenvalue weighted by atomic mass is 19.1. The van der Waals surface area contributed by atoms with E-state index in [1.165, 1.54) is 16.6 Å². The van der Waals surface area contributed by atoms with Crippen LogP contribution >= 0.6 is 0 Å². The molecule has 3 heterocycles. The van der Waals surface area contributed by atoms with Crippen LogP contribution in [0.3, 0.4) is 0 Å². The summed E-state index contributed by atoms with van der Waals surface area (Å²) < 4.78 is 14.5. The van der Waals surface area contributed by atoms with Gasteiger partial charge in [0.1, 0.15) is 5.82 Å². The maximum atomic E-state index is 13.0. The molecular weight excluding hydrogens is 295 g/mol. The molecule has 0 spiro atoms. The average molecular weight is 312 g/mol. The lowest BCUT2D eigenvalue weighted by atomic mass is 9.94. The predicted molar refractivity (Wildman–Crippen MR) is 84.7 cm³/mol. The highest BCUT2D eigenvalue weighted by Gasteiger charge is 2.29. The van der Waals surface area contributed by atoms with E-state index in [4.69, 9.17) is 0 Å². The number of benzene rings is 1. The van der Waals surface area contributed by atoms with Crippen LogP contribution in [0.4, 0.5) is 4.39 Å². The Bertz CT molecular complexity index is 912. The Morgan fingerprint density at radius 1 is 1.30 bits per heavy atom. The number of aryl methyl sites for hydroxylation is 1. The minimum atomic E-state index is -0.220. The largest absolute Gasteiger partial charge is 0.294 e. The Labute approximate surface area is 132 Å². The molecule has 118 valence electrons. The van der Waals surface area contributed by atoms with Crippen LogP contribution < -0.4 is 5.56 Å². The van der Waals surface area contributed by atoms with Gasteiger partial charge in [-0.1, -0.05) is 12.1 Å². The second-order valence-corrected chi connectivity index (χ2v) is 6.04. The molecule has 1 N–H and O–H groups in total. The smallest absolute Gasteiger partial charge is 0.272 e. The molecule has 2 aromatic heterocycles. The number of hydrogen-bond acceptors (Lipinski definition) is 3. The number of fused-ring (bicyclic) bond motifs is 1. The zero-order valence-electron chi connectivity index (χ0n) is 12.8. The Morgan fingerprint density at radius 2 is 2.09 bits per heavy atom. The van der Waals surface area contributed by atoms with E-state index in [1.54, 1.807) is 6.07 Å². The van der Waals surface area contributed by atoms with Crippen LogP contribution in [0, 0.1) is 12.7 Å². The molecule has 23 heavy (non-hydrogen) atoms. The van der Waals surface area contributed by atoms with Gasteiger partial charge in [-0.05, 0) is 31.0 Å². The van der Waals surface area contributed by atoms with Crippen LogP contribution in [0.25, 0.3) is 5.65 Å². The SMILES string of the molecule is Cc1cc2nc(CN3CCC3c3ccc(F)cc3)cc(=O)n2[nH]1. The summed E-state index contributed by atoms with van der Waals surface area (Å²) >= 11 is 0. The van der Waals surface area contributed by atoms with Gasteiger partial charge < -0.3 is 0 Å². The first-order valence-corrected chi connectivity index (χ1v) is 7.68. The minimum Gasteiger partial charge on any atom is -0.294 e. The van der Waals surface area contributed by atoms with E-state index in [9.17, 15) is 9.18 Å². The number of nitrogens with one attached hydrogen (secondary N) is 1. The molecule has 1 aromatic carbocycles. The lowest BCUT2D eigenvalue weighted by Crippen LogP contribution is -2.40. The lowest BCUT2D eigenvalue weighted by molar-refractivity contribution is 0.0803. The number of likely N-dealkylation sites (tertiary alicyclic amines) is 1. The summed E-state index contributed by atoms with van der Waals surface area (Å²) in [6.07, 6.45) is 1.04. The van der Waals surface area contributed by atoms with Crippen LogP contribution in [0.15, 0.2) is 41.2 Å². The molecule has 1 aliphatic rings. The number of aromatic nitrogens is 3. The molecule has 1 aliphatic heterocycles. The van der Waals surface area contributed by atoms with E-state index >= 15 is 0 Å². The molecule has 0 radical (unpaired) electrons. The maximum Gasteiger partial charge on any atom is 0.272 e. The fourth-order valence-electron chi connectivity index (χ4n) is 3.14. The second-order valence-electron chi connectivity index (χ2n) is 6.04. The van der Waals surface area contributed by atoms with Crippen LogP contribution in [-0.4, -0.2) is 26.0 Å². The van der Waals surface area contributed by atoms with Gasteiger partial charge in [0.05, 0.1) is 5.69 Å².